The Balaban J connectivity index is 1.39. The monoisotopic (exact) mass is 432 g/mol. The molecular weight excluding hydrogens is 409 g/mol. The Morgan fingerprint density at radius 3 is 2.58 bits per heavy atom. The molecule has 0 radical (unpaired) electrons. The number of aliphatic hydroxyl groups is 1. The fraction of sp³-hybridized carbons (Fsp3) is 0.348. The number of rotatable bonds is 6. The van der Waals surface area contributed by atoms with Crippen LogP contribution in [0, 0.1) is 0 Å². The number of ether oxygens (including phenoxy) is 1. The van der Waals surface area contributed by atoms with Crippen molar-refractivity contribution in [1.29, 1.82) is 0 Å². The van der Waals surface area contributed by atoms with Gasteiger partial charge in [-0.3, -0.25) is 4.79 Å². The highest BCUT2D eigenvalue weighted by Crippen LogP contribution is 2.41. The molecule has 5 nitrogen and oxygen atoms in total. The molecule has 8 heteroatoms. The molecular formula is C23H23F3N2O3. The molecule has 1 heterocycles. The van der Waals surface area contributed by atoms with Gasteiger partial charge < -0.3 is 20.1 Å². The van der Waals surface area contributed by atoms with E-state index >= 15 is 0 Å². The zero-order valence-electron chi connectivity index (χ0n) is 16.9. The van der Waals surface area contributed by atoms with Gasteiger partial charge >= 0.3 is 6.18 Å². The lowest BCUT2D eigenvalue weighted by Gasteiger charge is -2.35. The smallest absolute Gasteiger partial charge is 0.416 e. The Morgan fingerprint density at radius 1 is 1.23 bits per heavy atom. The first-order valence-electron chi connectivity index (χ1n) is 10.2. The molecule has 3 aromatic rings. The van der Waals surface area contributed by atoms with Gasteiger partial charge in [0.25, 0.3) is 5.91 Å². The van der Waals surface area contributed by atoms with Gasteiger partial charge in [0.2, 0.25) is 0 Å². The number of carbonyl (C=O) groups excluding carboxylic acids is 1. The van der Waals surface area contributed by atoms with Crippen molar-refractivity contribution in [2.45, 2.75) is 50.5 Å². The van der Waals surface area contributed by atoms with E-state index in [0.717, 1.165) is 41.4 Å². The van der Waals surface area contributed by atoms with Crippen molar-refractivity contribution in [3.05, 3.63) is 59.8 Å². The van der Waals surface area contributed by atoms with Crippen LogP contribution in [0.5, 0.6) is 5.75 Å². The van der Waals surface area contributed by atoms with Crippen LogP contribution in [0.25, 0.3) is 10.9 Å². The van der Waals surface area contributed by atoms with E-state index in [4.69, 9.17) is 4.74 Å². The minimum atomic E-state index is -4.33. The molecule has 1 amide bonds. The number of hydrogen-bond acceptors (Lipinski definition) is 3. The third-order valence-corrected chi connectivity index (χ3v) is 5.71. The number of H-pyrrole nitrogens is 1. The highest BCUT2D eigenvalue weighted by Gasteiger charge is 2.34. The van der Waals surface area contributed by atoms with E-state index in [9.17, 15) is 23.1 Å². The summed E-state index contributed by atoms with van der Waals surface area (Å²) < 4.78 is 44.1. The van der Waals surface area contributed by atoms with Crippen LogP contribution in [0.1, 0.15) is 43.2 Å². The maximum Gasteiger partial charge on any atom is 0.416 e. The largest absolute Gasteiger partial charge is 0.490 e. The first-order chi connectivity index (χ1) is 14.7. The average molecular weight is 432 g/mol. The second kappa shape index (κ2) is 8.26. The summed E-state index contributed by atoms with van der Waals surface area (Å²) in [6.07, 6.45) is -1.98. The molecule has 0 spiro atoms. The molecule has 1 aliphatic carbocycles. The molecule has 3 N–H and O–H groups in total. The van der Waals surface area contributed by atoms with Crippen molar-refractivity contribution in [2.24, 2.45) is 0 Å². The SMILES string of the molecule is CCC(O)C(=O)Nc1c[nH]c2ccc(O[C@H]3C[C@H](c4ccc(C(F)(F)F)cc4)C3)cc12. The van der Waals surface area contributed by atoms with Crippen molar-refractivity contribution >= 4 is 22.5 Å². The van der Waals surface area contributed by atoms with E-state index in [1.807, 2.05) is 18.2 Å². The highest BCUT2D eigenvalue weighted by atomic mass is 19.4. The predicted molar refractivity (Wildman–Crippen MR) is 111 cm³/mol. The van der Waals surface area contributed by atoms with Gasteiger partial charge in [0.1, 0.15) is 11.9 Å². The van der Waals surface area contributed by atoms with Crippen LogP contribution in [-0.2, 0) is 11.0 Å². The van der Waals surface area contributed by atoms with Gasteiger partial charge in [-0.2, -0.15) is 13.2 Å². The number of alkyl halides is 3. The molecule has 1 aromatic heterocycles. The lowest BCUT2D eigenvalue weighted by Crippen LogP contribution is -2.32. The first kappa shape index (κ1) is 21.2. The Kier molecular flexibility index (Phi) is 5.66. The fourth-order valence-electron chi connectivity index (χ4n) is 3.75. The summed E-state index contributed by atoms with van der Waals surface area (Å²) in [5.74, 6) is 0.358. The third kappa shape index (κ3) is 4.54. The molecule has 1 saturated carbocycles. The van der Waals surface area contributed by atoms with Gasteiger partial charge in [-0.25, -0.2) is 0 Å². The maximum absolute atomic E-state index is 12.7. The number of amides is 1. The van der Waals surface area contributed by atoms with E-state index in [0.29, 0.717) is 17.9 Å². The zero-order chi connectivity index (χ0) is 22.2. The Bertz CT molecular complexity index is 1070. The molecule has 2 aromatic carbocycles. The first-order valence-corrected chi connectivity index (χ1v) is 10.2. The number of halogens is 3. The van der Waals surface area contributed by atoms with Crippen LogP contribution < -0.4 is 10.1 Å². The van der Waals surface area contributed by atoms with Crippen LogP contribution in [0.3, 0.4) is 0 Å². The van der Waals surface area contributed by atoms with Crippen molar-refractivity contribution in [2.75, 3.05) is 5.32 Å². The number of hydrogen-bond donors (Lipinski definition) is 3. The van der Waals surface area contributed by atoms with Crippen molar-refractivity contribution in [1.82, 2.24) is 4.98 Å². The Labute approximate surface area is 177 Å². The molecule has 164 valence electrons. The Morgan fingerprint density at radius 2 is 1.94 bits per heavy atom. The van der Waals surface area contributed by atoms with Crippen LogP contribution in [0.2, 0.25) is 0 Å². The van der Waals surface area contributed by atoms with Gasteiger partial charge in [-0.05, 0) is 61.1 Å². The number of carbonyl (C=O) groups is 1. The van der Waals surface area contributed by atoms with Gasteiger partial charge in [0.15, 0.2) is 0 Å². The average Bonchev–Trinajstić information content (AvgIpc) is 3.11. The second-order valence-electron chi connectivity index (χ2n) is 7.85. The summed E-state index contributed by atoms with van der Waals surface area (Å²) in [5.41, 5.74) is 1.63. The van der Waals surface area contributed by atoms with E-state index in [1.165, 1.54) is 12.1 Å². The maximum atomic E-state index is 12.7. The van der Waals surface area contributed by atoms with E-state index in [1.54, 1.807) is 13.1 Å². The Hall–Kier alpha value is -3.00. The summed E-state index contributed by atoms with van der Waals surface area (Å²) >= 11 is 0. The van der Waals surface area contributed by atoms with Crippen molar-refractivity contribution in [3.8, 4) is 5.75 Å². The van der Waals surface area contributed by atoms with Gasteiger partial charge in [-0.1, -0.05) is 19.1 Å². The van der Waals surface area contributed by atoms with Gasteiger partial charge in [0, 0.05) is 17.1 Å². The number of aromatic nitrogens is 1. The molecule has 0 bridgehead atoms. The molecule has 1 atom stereocenters. The molecule has 4 rings (SSSR count). The van der Waals surface area contributed by atoms with Crippen molar-refractivity contribution < 1.29 is 27.8 Å². The molecule has 0 saturated heterocycles. The van der Waals surface area contributed by atoms with Gasteiger partial charge in [0.05, 0.1) is 17.4 Å². The van der Waals surface area contributed by atoms with Crippen LogP contribution >= 0.6 is 0 Å². The lowest BCUT2D eigenvalue weighted by molar-refractivity contribution is -0.137. The summed E-state index contributed by atoms with van der Waals surface area (Å²) in [6.45, 7) is 1.72. The molecule has 1 unspecified atom stereocenters. The standard InChI is InChI=1S/C23H23F3N2O3/c1-2-21(29)22(30)28-20-12-27-19-8-7-16(11-18(19)20)31-17-9-14(10-17)13-3-5-15(6-4-13)23(24,25)26/h3-8,11-12,14,17,21,27,29H,2,9-10H2,1H3,(H,28,30)/t14-,17-,21?. The zero-order valence-corrected chi connectivity index (χ0v) is 16.9. The molecule has 1 fully saturated rings. The normalized spacial score (nSPS) is 19.6. The second-order valence-corrected chi connectivity index (χ2v) is 7.85. The van der Waals surface area contributed by atoms with Crippen LogP contribution in [0.4, 0.5) is 18.9 Å². The number of benzene rings is 2. The van der Waals surface area contributed by atoms with E-state index in [-0.39, 0.29) is 12.0 Å². The van der Waals surface area contributed by atoms with Crippen molar-refractivity contribution in [3.63, 3.8) is 0 Å². The topological polar surface area (TPSA) is 74.4 Å². The quantitative estimate of drug-likeness (QED) is 0.500. The molecule has 0 aliphatic heterocycles. The predicted octanol–water partition coefficient (Wildman–Crippen LogP) is 5.22. The third-order valence-electron chi connectivity index (χ3n) is 5.71. The summed E-state index contributed by atoms with van der Waals surface area (Å²) in [6, 6.07) is 10.8. The minimum Gasteiger partial charge on any atom is -0.490 e. The highest BCUT2D eigenvalue weighted by molar-refractivity contribution is 6.03. The van der Waals surface area contributed by atoms with E-state index in [2.05, 4.69) is 10.3 Å². The van der Waals surface area contributed by atoms with Crippen LogP contribution in [0.15, 0.2) is 48.7 Å². The number of fused-ring (bicyclic) bond motifs is 1. The molecule has 31 heavy (non-hydrogen) atoms. The lowest BCUT2D eigenvalue weighted by atomic mass is 9.77. The summed E-state index contributed by atoms with van der Waals surface area (Å²) in [4.78, 5) is 15.1. The number of nitrogens with one attached hydrogen (secondary N) is 2. The molecule has 1 aliphatic rings. The summed E-state index contributed by atoms with van der Waals surface area (Å²) in [5, 5.41) is 13.2. The summed E-state index contributed by atoms with van der Waals surface area (Å²) in [7, 11) is 0. The fourth-order valence-corrected chi connectivity index (χ4v) is 3.75. The van der Waals surface area contributed by atoms with Crippen LogP contribution in [-0.4, -0.2) is 28.2 Å². The number of anilines is 1. The van der Waals surface area contributed by atoms with Gasteiger partial charge in [-0.15, -0.1) is 0 Å². The minimum absolute atomic E-state index is 0.0244. The van der Waals surface area contributed by atoms with E-state index < -0.39 is 23.8 Å². The number of aliphatic hydroxyl groups excluding tert-OH is 1. The number of aromatic amines is 1.